The van der Waals surface area contributed by atoms with Crippen LogP contribution in [-0.4, -0.2) is 28.8 Å². The molecular weight excluding hydrogens is 150 g/mol. The molecule has 0 aromatic rings. The number of carbonyl (C=O) groups is 2. The van der Waals surface area contributed by atoms with E-state index in [9.17, 15) is 9.59 Å². The second-order valence-electron chi connectivity index (χ2n) is 2.68. The molecule has 0 radical (unpaired) electrons. The van der Waals surface area contributed by atoms with Crippen LogP contribution in [0.25, 0.3) is 0 Å². The number of carboxylic acid groups (broad SMARTS) is 1. The van der Waals surface area contributed by atoms with Crippen molar-refractivity contribution in [1.29, 1.82) is 0 Å². The lowest BCUT2D eigenvalue weighted by Gasteiger charge is -2.19. The van der Waals surface area contributed by atoms with Crippen LogP contribution in [0.1, 0.15) is 13.8 Å². The number of rotatable bonds is 1. The van der Waals surface area contributed by atoms with Crippen molar-refractivity contribution in [1.82, 2.24) is 5.32 Å². The summed E-state index contributed by atoms with van der Waals surface area (Å²) in [7, 11) is 0. The number of hydrogen-bond acceptors (Lipinski definition) is 3. The largest absolute Gasteiger partial charge is 0.479 e. The van der Waals surface area contributed by atoms with Gasteiger partial charge in [-0.3, -0.25) is 0 Å². The minimum Gasteiger partial charge on any atom is -0.479 e. The maximum atomic E-state index is 10.6. The van der Waals surface area contributed by atoms with Crippen LogP contribution in [0, 0.1) is 0 Å². The number of nitrogens with one attached hydrogen (secondary N) is 1. The Labute approximate surface area is 63.3 Å². The first-order valence-corrected chi connectivity index (χ1v) is 3.19. The highest BCUT2D eigenvalue weighted by Crippen LogP contribution is 2.19. The van der Waals surface area contributed by atoms with Crippen molar-refractivity contribution >= 4 is 12.1 Å². The fourth-order valence-corrected chi connectivity index (χ4v) is 0.849. The fourth-order valence-electron chi connectivity index (χ4n) is 0.849. The van der Waals surface area contributed by atoms with Crippen molar-refractivity contribution in [2.24, 2.45) is 0 Å². The first-order chi connectivity index (χ1) is 4.97. The van der Waals surface area contributed by atoms with E-state index in [2.05, 4.69) is 10.1 Å². The summed E-state index contributed by atoms with van der Waals surface area (Å²) in [6, 6.07) is 0. The summed E-state index contributed by atoms with van der Waals surface area (Å²) >= 11 is 0. The Morgan fingerprint density at radius 1 is 1.82 bits per heavy atom. The number of carbonyl (C=O) groups excluding carboxylic acids is 1. The van der Waals surface area contributed by atoms with E-state index in [0.717, 1.165) is 0 Å². The smallest absolute Gasteiger partial charge is 0.408 e. The van der Waals surface area contributed by atoms with E-state index >= 15 is 0 Å². The summed E-state index contributed by atoms with van der Waals surface area (Å²) in [6.07, 6.45) is -1.31. The van der Waals surface area contributed by atoms with E-state index in [4.69, 9.17) is 5.11 Å². The summed E-state index contributed by atoms with van der Waals surface area (Å²) in [5.41, 5.74) is -1.28. The molecule has 1 heterocycles. The van der Waals surface area contributed by atoms with Crippen molar-refractivity contribution in [2.45, 2.75) is 25.5 Å². The van der Waals surface area contributed by atoms with Gasteiger partial charge in [-0.05, 0) is 13.8 Å². The van der Waals surface area contributed by atoms with Crippen LogP contribution in [0.5, 0.6) is 0 Å². The van der Waals surface area contributed by atoms with Gasteiger partial charge in [0.15, 0.2) is 5.54 Å². The van der Waals surface area contributed by atoms with Crippen molar-refractivity contribution < 1.29 is 19.4 Å². The molecule has 0 bridgehead atoms. The Bertz CT molecular complexity index is 215. The molecule has 0 aromatic heterocycles. The maximum Gasteiger partial charge on any atom is 0.408 e. The van der Waals surface area contributed by atoms with Crippen molar-refractivity contribution in [3.63, 3.8) is 0 Å². The summed E-state index contributed by atoms with van der Waals surface area (Å²) in [5, 5.41) is 10.9. The number of amides is 1. The van der Waals surface area contributed by atoms with E-state index in [0.29, 0.717) is 0 Å². The summed E-state index contributed by atoms with van der Waals surface area (Å²) in [6.45, 7) is 2.94. The van der Waals surface area contributed by atoms with Crippen LogP contribution in [0.4, 0.5) is 4.79 Å². The van der Waals surface area contributed by atoms with Gasteiger partial charge in [0.25, 0.3) is 0 Å². The van der Waals surface area contributed by atoms with Gasteiger partial charge >= 0.3 is 12.1 Å². The molecule has 1 fully saturated rings. The van der Waals surface area contributed by atoms with Crippen LogP contribution >= 0.6 is 0 Å². The average Bonchev–Trinajstić information content (AvgIpc) is 2.08. The first kappa shape index (κ1) is 7.84. The third-order valence-corrected chi connectivity index (χ3v) is 1.90. The molecule has 0 spiro atoms. The maximum absolute atomic E-state index is 10.6. The molecule has 62 valence electrons. The van der Waals surface area contributed by atoms with Crippen molar-refractivity contribution in [2.75, 3.05) is 0 Å². The molecule has 0 aliphatic carbocycles. The topological polar surface area (TPSA) is 75.6 Å². The fraction of sp³-hybridized carbons (Fsp3) is 0.667. The third-order valence-electron chi connectivity index (χ3n) is 1.90. The van der Waals surface area contributed by atoms with Gasteiger partial charge in [-0.15, -0.1) is 0 Å². The lowest BCUT2D eigenvalue weighted by molar-refractivity contribution is -0.145. The molecule has 1 aliphatic rings. The van der Waals surface area contributed by atoms with Gasteiger partial charge in [-0.2, -0.15) is 0 Å². The average molecular weight is 159 g/mol. The predicted octanol–water partition coefficient (Wildman–Crippen LogP) is -0.0420. The Morgan fingerprint density at radius 2 is 2.36 bits per heavy atom. The van der Waals surface area contributed by atoms with Gasteiger partial charge in [0.1, 0.15) is 6.10 Å². The van der Waals surface area contributed by atoms with Crippen LogP contribution < -0.4 is 5.32 Å². The number of alkyl carbamates (subject to hydrolysis) is 1. The normalized spacial score (nSPS) is 36.2. The Hall–Kier alpha value is -1.26. The zero-order chi connectivity index (χ0) is 8.65. The second-order valence-corrected chi connectivity index (χ2v) is 2.68. The molecule has 2 atom stereocenters. The standard InChI is InChI=1S/C6H9NO4/c1-3-6(2,4(8)9)7-5(10)11-3/h3H,1-2H3,(H,7,10)(H,8,9)/t3-,6+/m1/s1. The summed E-state index contributed by atoms with van der Waals surface area (Å²) in [4.78, 5) is 21.2. The second kappa shape index (κ2) is 2.11. The van der Waals surface area contributed by atoms with Gasteiger partial charge in [0.2, 0.25) is 0 Å². The number of ether oxygens (including phenoxy) is 1. The molecule has 5 heteroatoms. The number of aliphatic carboxylic acids is 1. The zero-order valence-electron chi connectivity index (χ0n) is 6.25. The Morgan fingerprint density at radius 3 is 2.55 bits per heavy atom. The number of hydrogen-bond donors (Lipinski definition) is 2. The minimum absolute atomic E-state index is 0.632. The van der Waals surface area contributed by atoms with Crippen molar-refractivity contribution in [3.05, 3.63) is 0 Å². The molecule has 1 rings (SSSR count). The van der Waals surface area contributed by atoms with Gasteiger partial charge in [-0.25, -0.2) is 9.59 Å². The van der Waals surface area contributed by atoms with Crippen LogP contribution in [-0.2, 0) is 9.53 Å². The predicted molar refractivity (Wildman–Crippen MR) is 35.1 cm³/mol. The SMILES string of the molecule is C[C@H]1OC(=O)N[C@]1(C)C(=O)O. The lowest BCUT2D eigenvalue weighted by atomic mass is 9.98. The highest BCUT2D eigenvalue weighted by molar-refractivity contribution is 5.87. The monoisotopic (exact) mass is 159 g/mol. The van der Waals surface area contributed by atoms with Gasteiger partial charge < -0.3 is 15.2 Å². The van der Waals surface area contributed by atoms with Crippen LogP contribution in [0.15, 0.2) is 0 Å². The van der Waals surface area contributed by atoms with E-state index in [1.807, 2.05) is 0 Å². The van der Waals surface area contributed by atoms with Gasteiger partial charge in [0, 0.05) is 0 Å². The van der Waals surface area contributed by atoms with E-state index < -0.39 is 23.7 Å². The number of cyclic esters (lactones) is 1. The molecule has 0 aromatic carbocycles. The van der Waals surface area contributed by atoms with E-state index in [1.165, 1.54) is 13.8 Å². The van der Waals surface area contributed by atoms with Crippen molar-refractivity contribution in [3.8, 4) is 0 Å². The number of carboxylic acids is 1. The quantitative estimate of drug-likeness (QED) is 0.562. The molecule has 11 heavy (non-hydrogen) atoms. The molecule has 1 amide bonds. The molecule has 0 unspecified atom stereocenters. The minimum atomic E-state index is -1.28. The molecule has 1 aliphatic heterocycles. The van der Waals surface area contributed by atoms with Gasteiger partial charge in [-0.1, -0.05) is 0 Å². The molecule has 1 saturated heterocycles. The third kappa shape index (κ3) is 1.02. The lowest BCUT2D eigenvalue weighted by Crippen LogP contribution is -2.51. The summed E-state index contributed by atoms with van der Waals surface area (Å²) < 4.78 is 4.61. The summed E-state index contributed by atoms with van der Waals surface area (Å²) in [5.74, 6) is -1.09. The first-order valence-electron chi connectivity index (χ1n) is 3.19. The highest BCUT2D eigenvalue weighted by Gasteiger charge is 2.48. The Balaban J connectivity index is 2.87. The van der Waals surface area contributed by atoms with Crippen LogP contribution in [0.3, 0.4) is 0 Å². The Kier molecular flexibility index (Phi) is 1.51. The molecular formula is C6H9NO4. The molecule has 0 saturated carbocycles. The zero-order valence-corrected chi connectivity index (χ0v) is 6.25. The molecule has 2 N–H and O–H groups in total. The van der Waals surface area contributed by atoms with E-state index in [-0.39, 0.29) is 0 Å². The van der Waals surface area contributed by atoms with Gasteiger partial charge in [0.05, 0.1) is 0 Å². The van der Waals surface area contributed by atoms with Crippen LogP contribution in [0.2, 0.25) is 0 Å². The molecule has 5 nitrogen and oxygen atoms in total. The van der Waals surface area contributed by atoms with E-state index in [1.54, 1.807) is 0 Å². The highest BCUT2D eigenvalue weighted by atomic mass is 16.6.